The van der Waals surface area contributed by atoms with Crippen molar-refractivity contribution in [2.24, 2.45) is 0 Å². The third-order valence-corrected chi connectivity index (χ3v) is 4.68. The van der Waals surface area contributed by atoms with Crippen LogP contribution in [-0.2, 0) is 4.79 Å². The van der Waals surface area contributed by atoms with E-state index < -0.39 is 0 Å². The second-order valence-corrected chi connectivity index (χ2v) is 6.90. The zero-order valence-electron chi connectivity index (χ0n) is 16.3. The van der Waals surface area contributed by atoms with E-state index in [1.165, 1.54) is 17.7 Å². The smallest absolute Gasteiger partial charge is 0.236 e. The molecule has 1 aromatic rings. The molecular weight excluding hydrogens is 329 g/mol. The normalized spacial score (nSPS) is 17.9. The first-order chi connectivity index (χ1) is 12.5. The third-order valence-electron chi connectivity index (χ3n) is 4.68. The van der Waals surface area contributed by atoms with Crippen LogP contribution in [0.5, 0.6) is 0 Å². The van der Waals surface area contributed by atoms with E-state index in [0.717, 1.165) is 31.7 Å². The average Bonchev–Trinajstić information content (AvgIpc) is 2.62. The molecule has 26 heavy (non-hydrogen) atoms. The number of piperazine rings is 1. The third kappa shape index (κ3) is 5.26. The summed E-state index contributed by atoms with van der Waals surface area (Å²) in [5.74, 6) is -0.0487. The topological polar surface area (TPSA) is 26.8 Å². The lowest BCUT2D eigenvalue weighted by molar-refractivity contribution is -0.133. The highest BCUT2D eigenvalue weighted by atomic mass is 19.1. The fourth-order valence-corrected chi connectivity index (χ4v) is 3.40. The van der Waals surface area contributed by atoms with Crippen LogP contribution in [0.25, 0.3) is 0 Å². The fraction of sp³-hybridized carbons (Fsp3) is 0.476. The number of rotatable bonds is 6. The lowest BCUT2D eigenvalue weighted by atomic mass is 9.95. The molecule has 0 spiro atoms. The van der Waals surface area contributed by atoms with E-state index in [9.17, 15) is 9.18 Å². The van der Waals surface area contributed by atoms with Crippen LogP contribution in [0.2, 0.25) is 0 Å². The van der Waals surface area contributed by atoms with Crippen LogP contribution in [0.1, 0.15) is 25.5 Å². The number of carbonyl (C=O) groups excluding carboxylic acids is 1. The second kappa shape index (κ2) is 9.64. The highest BCUT2D eigenvalue weighted by Gasteiger charge is 2.28. The van der Waals surface area contributed by atoms with Crippen molar-refractivity contribution in [1.29, 1.82) is 0 Å². The van der Waals surface area contributed by atoms with Gasteiger partial charge in [0.25, 0.3) is 0 Å². The van der Waals surface area contributed by atoms with Crippen LogP contribution in [0, 0.1) is 5.82 Å². The fourth-order valence-electron chi connectivity index (χ4n) is 3.40. The minimum Gasteiger partial charge on any atom is -0.339 e. The number of benzene rings is 1. The second-order valence-electron chi connectivity index (χ2n) is 6.90. The highest BCUT2D eigenvalue weighted by molar-refractivity contribution is 5.78. The van der Waals surface area contributed by atoms with Gasteiger partial charge in [0.2, 0.25) is 5.91 Å². The minimum atomic E-state index is -0.223. The van der Waals surface area contributed by atoms with E-state index in [2.05, 4.69) is 17.1 Å². The van der Waals surface area contributed by atoms with Crippen molar-refractivity contribution in [1.82, 2.24) is 14.7 Å². The van der Waals surface area contributed by atoms with E-state index in [4.69, 9.17) is 0 Å². The van der Waals surface area contributed by atoms with Crippen LogP contribution < -0.4 is 0 Å². The number of likely N-dealkylation sites (N-methyl/N-ethyl adjacent to an activating group) is 1. The monoisotopic (exact) mass is 359 g/mol. The molecule has 2 rings (SSSR count). The molecule has 0 aliphatic carbocycles. The van der Waals surface area contributed by atoms with E-state index >= 15 is 0 Å². The number of nitrogens with zero attached hydrogens (tertiary/aromatic N) is 3. The van der Waals surface area contributed by atoms with E-state index in [0.29, 0.717) is 6.54 Å². The Labute approximate surface area is 156 Å². The molecule has 0 saturated carbocycles. The molecule has 1 aliphatic rings. The minimum absolute atomic E-state index is 0.0721. The van der Waals surface area contributed by atoms with Crippen LogP contribution in [0.3, 0.4) is 0 Å². The van der Waals surface area contributed by atoms with Crippen molar-refractivity contribution < 1.29 is 9.18 Å². The first kappa shape index (κ1) is 20.3. The predicted octanol–water partition coefficient (Wildman–Crippen LogP) is 3.10. The Kier molecular flexibility index (Phi) is 7.54. The molecular formula is C21H30FN3O. The Morgan fingerprint density at radius 1 is 1.15 bits per heavy atom. The van der Waals surface area contributed by atoms with Gasteiger partial charge in [-0.15, -0.1) is 0 Å². The molecule has 0 N–H and O–H groups in total. The van der Waals surface area contributed by atoms with Gasteiger partial charge in [-0.05, 0) is 51.2 Å². The summed E-state index contributed by atoms with van der Waals surface area (Å²) in [5, 5.41) is 0. The first-order valence-electron chi connectivity index (χ1n) is 9.17. The Balaban J connectivity index is 2.17. The van der Waals surface area contributed by atoms with Crippen molar-refractivity contribution >= 4 is 5.91 Å². The van der Waals surface area contributed by atoms with Gasteiger partial charge in [-0.1, -0.05) is 30.4 Å². The van der Waals surface area contributed by atoms with Crippen molar-refractivity contribution in [3.8, 4) is 0 Å². The van der Waals surface area contributed by atoms with Gasteiger partial charge in [0.1, 0.15) is 5.82 Å². The van der Waals surface area contributed by atoms with Gasteiger partial charge in [-0.2, -0.15) is 0 Å². The van der Waals surface area contributed by atoms with Gasteiger partial charge < -0.3 is 9.80 Å². The summed E-state index contributed by atoms with van der Waals surface area (Å²) in [6, 6.07) is 6.82. The van der Waals surface area contributed by atoms with Crippen molar-refractivity contribution in [3.63, 3.8) is 0 Å². The highest BCUT2D eigenvalue weighted by Crippen LogP contribution is 2.30. The summed E-state index contributed by atoms with van der Waals surface area (Å²) in [7, 11) is 3.82. The summed E-state index contributed by atoms with van der Waals surface area (Å²) < 4.78 is 13.4. The zero-order valence-corrected chi connectivity index (χ0v) is 16.3. The van der Waals surface area contributed by atoms with Gasteiger partial charge in [-0.3, -0.25) is 9.69 Å². The molecule has 0 aromatic heterocycles. The summed E-state index contributed by atoms with van der Waals surface area (Å²) >= 11 is 0. The molecule has 1 saturated heterocycles. The molecule has 4 nitrogen and oxygen atoms in total. The molecule has 1 amide bonds. The Morgan fingerprint density at radius 2 is 1.77 bits per heavy atom. The lowest BCUT2D eigenvalue weighted by Crippen LogP contribution is -2.51. The molecule has 1 fully saturated rings. The largest absolute Gasteiger partial charge is 0.339 e. The molecule has 0 radical (unpaired) electrons. The lowest BCUT2D eigenvalue weighted by Gasteiger charge is -2.40. The van der Waals surface area contributed by atoms with Gasteiger partial charge in [-0.25, -0.2) is 4.39 Å². The summed E-state index contributed by atoms with van der Waals surface area (Å²) in [5.41, 5.74) is 2.26. The molecule has 1 unspecified atom stereocenters. The molecule has 0 bridgehead atoms. The van der Waals surface area contributed by atoms with Gasteiger partial charge in [0, 0.05) is 26.2 Å². The van der Waals surface area contributed by atoms with Crippen molar-refractivity contribution in [3.05, 3.63) is 59.4 Å². The Morgan fingerprint density at radius 3 is 2.27 bits per heavy atom. The van der Waals surface area contributed by atoms with Gasteiger partial charge in [0.15, 0.2) is 0 Å². The zero-order chi connectivity index (χ0) is 19.1. The predicted molar refractivity (Wildman–Crippen MR) is 104 cm³/mol. The number of hydrogen-bond acceptors (Lipinski definition) is 3. The number of hydrogen-bond donors (Lipinski definition) is 0. The number of halogens is 1. The number of allylic oxidation sites excluding steroid dienone is 2. The van der Waals surface area contributed by atoms with Crippen molar-refractivity contribution in [2.75, 3.05) is 46.8 Å². The Hall–Kier alpha value is -1.98. The van der Waals surface area contributed by atoms with Crippen LogP contribution in [0.15, 0.2) is 48.1 Å². The standard InChI is InChI=1S/C21H30FN3O/c1-5-7-17(6-2)21(18-8-10-19(22)11-9-18)25-14-12-24(13-15-25)20(26)16-23(3)4/h5-11,21H,12-16H2,1-4H3/b7-5-,17-6+. The van der Waals surface area contributed by atoms with E-state index in [1.807, 2.05) is 56.0 Å². The van der Waals surface area contributed by atoms with Crippen molar-refractivity contribution in [2.45, 2.75) is 19.9 Å². The molecule has 1 heterocycles. The maximum Gasteiger partial charge on any atom is 0.236 e. The number of amides is 1. The van der Waals surface area contributed by atoms with Gasteiger partial charge in [0.05, 0.1) is 12.6 Å². The molecule has 5 heteroatoms. The van der Waals surface area contributed by atoms with E-state index in [-0.39, 0.29) is 17.8 Å². The number of carbonyl (C=O) groups is 1. The summed E-state index contributed by atoms with van der Waals surface area (Å²) in [6.45, 7) is 7.52. The maximum atomic E-state index is 13.4. The van der Waals surface area contributed by atoms with Crippen LogP contribution in [0.4, 0.5) is 4.39 Å². The summed E-state index contributed by atoms with van der Waals surface area (Å²) in [4.78, 5) is 18.5. The SMILES string of the molecule is C/C=C\C(=C/C)C(c1ccc(F)cc1)N1CCN(C(=O)CN(C)C)CC1. The van der Waals surface area contributed by atoms with Gasteiger partial charge >= 0.3 is 0 Å². The Bertz CT molecular complexity index is 644. The molecule has 142 valence electrons. The van der Waals surface area contributed by atoms with Crippen LogP contribution >= 0.6 is 0 Å². The average molecular weight is 359 g/mol. The van der Waals surface area contributed by atoms with Crippen LogP contribution in [-0.4, -0.2) is 67.4 Å². The quantitative estimate of drug-likeness (QED) is 0.731. The maximum absolute atomic E-state index is 13.4. The summed E-state index contributed by atoms with van der Waals surface area (Å²) in [6.07, 6.45) is 6.25. The molecule has 1 aliphatic heterocycles. The molecule has 1 atom stereocenters. The van der Waals surface area contributed by atoms with E-state index in [1.54, 1.807) is 0 Å². The first-order valence-corrected chi connectivity index (χ1v) is 9.17. The molecule has 1 aromatic carbocycles.